The summed E-state index contributed by atoms with van der Waals surface area (Å²) in [6, 6.07) is 20.6. The fraction of sp³-hybridized carbons (Fsp3) is 0.257. The molecule has 0 atom stereocenters. The summed E-state index contributed by atoms with van der Waals surface area (Å²) in [6.07, 6.45) is 3.11. The first kappa shape index (κ1) is 31.0. The van der Waals surface area contributed by atoms with Gasteiger partial charge in [-0.05, 0) is 86.9 Å². The van der Waals surface area contributed by atoms with E-state index in [9.17, 15) is 14.4 Å². The fourth-order valence-corrected chi connectivity index (χ4v) is 4.54. The quantitative estimate of drug-likeness (QED) is 0.101. The van der Waals surface area contributed by atoms with Crippen molar-refractivity contribution in [2.75, 3.05) is 25.1 Å². The van der Waals surface area contributed by atoms with Crippen molar-refractivity contribution in [2.45, 2.75) is 40.5 Å². The van der Waals surface area contributed by atoms with E-state index in [1.807, 2.05) is 69.3 Å². The zero-order valence-electron chi connectivity index (χ0n) is 24.9. The van der Waals surface area contributed by atoms with Gasteiger partial charge in [-0.15, -0.1) is 0 Å². The second-order valence-corrected chi connectivity index (χ2v) is 9.78. The van der Waals surface area contributed by atoms with Crippen LogP contribution in [0.1, 0.15) is 55.1 Å². The molecule has 1 aromatic heterocycles. The third kappa shape index (κ3) is 8.29. The Hall–Kier alpha value is -4.98. The van der Waals surface area contributed by atoms with Crippen LogP contribution >= 0.6 is 0 Å². The summed E-state index contributed by atoms with van der Waals surface area (Å²) in [5, 5.41) is 3.73. The van der Waals surface area contributed by atoms with Crippen LogP contribution in [0, 0.1) is 6.92 Å². The van der Waals surface area contributed by atoms with Gasteiger partial charge in [-0.1, -0.05) is 35.9 Å². The summed E-state index contributed by atoms with van der Waals surface area (Å²) in [5.41, 5.74) is 4.90. The molecule has 43 heavy (non-hydrogen) atoms. The zero-order valence-corrected chi connectivity index (χ0v) is 24.9. The first-order valence-corrected chi connectivity index (χ1v) is 14.4. The van der Waals surface area contributed by atoms with Crippen molar-refractivity contribution in [1.29, 1.82) is 0 Å². The molecule has 1 amide bonds. The average Bonchev–Trinajstić information content (AvgIpc) is 3.00. The average molecular weight is 581 g/mol. The maximum absolute atomic E-state index is 12.9. The minimum absolute atomic E-state index is 0.00676. The van der Waals surface area contributed by atoms with E-state index < -0.39 is 5.97 Å². The third-order valence-corrected chi connectivity index (χ3v) is 6.61. The molecule has 1 heterocycles. The van der Waals surface area contributed by atoms with Gasteiger partial charge < -0.3 is 19.5 Å². The highest BCUT2D eigenvalue weighted by Crippen LogP contribution is 2.32. The molecule has 4 aromatic rings. The van der Waals surface area contributed by atoms with Crippen molar-refractivity contribution in [3.05, 3.63) is 89.5 Å². The number of carbonyl (C=O) groups is 3. The smallest absolute Gasteiger partial charge is 0.330 e. The molecule has 0 spiro atoms. The number of hydrogen-bond donors (Lipinski definition) is 1. The second-order valence-electron chi connectivity index (χ2n) is 9.78. The van der Waals surface area contributed by atoms with Crippen LogP contribution in [0.4, 0.5) is 5.82 Å². The van der Waals surface area contributed by atoms with E-state index in [0.29, 0.717) is 48.2 Å². The molecule has 1 N–H and O–H groups in total. The number of fused-ring (bicyclic) bond motifs is 1. The molecule has 222 valence electrons. The van der Waals surface area contributed by atoms with Crippen LogP contribution in [-0.2, 0) is 14.3 Å². The molecule has 0 saturated heterocycles. The Balaban J connectivity index is 1.54. The highest BCUT2D eigenvalue weighted by Gasteiger charge is 2.15. The second kappa shape index (κ2) is 14.8. The number of hydrogen-bond acceptors (Lipinski definition) is 7. The molecular weight excluding hydrogens is 544 g/mol. The maximum Gasteiger partial charge on any atom is 0.330 e. The zero-order chi connectivity index (χ0) is 30.8. The van der Waals surface area contributed by atoms with Crippen molar-refractivity contribution in [3.8, 4) is 22.6 Å². The van der Waals surface area contributed by atoms with Crippen LogP contribution in [0.5, 0.6) is 11.5 Å². The normalized spacial score (nSPS) is 11.0. The topological polar surface area (TPSA) is 104 Å². The lowest BCUT2D eigenvalue weighted by Gasteiger charge is -2.13. The highest BCUT2D eigenvalue weighted by molar-refractivity contribution is 6.02. The van der Waals surface area contributed by atoms with Crippen molar-refractivity contribution in [3.63, 3.8) is 0 Å². The van der Waals surface area contributed by atoms with Gasteiger partial charge in [-0.25, -0.2) is 9.78 Å². The van der Waals surface area contributed by atoms with Crippen molar-refractivity contribution in [2.24, 2.45) is 0 Å². The van der Waals surface area contributed by atoms with Gasteiger partial charge in [-0.2, -0.15) is 0 Å². The molecular formula is C35H36N2O6. The molecule has 3 aromatic carbocycles. The summed E-state index contributed by atoms with van der Waals surface area (Å²) >= 11 is 0. The molecule has 0 aliphatic carbocycles. The van der Waals surface area contributed by atoms with Crippen LogP contribution < -0.4 is 14.8 Å². The molecule has 0 bridgehead atoms. The van der Waals surface area contributed by atoms with E-state index in [1.165, 1.54) is 6.08 Å². The van der Waals surface area contributed by atoms with E-state index in [4.69, 9.17) is 14.2 Å². The summed E-state index contributed by atoms with van der Waals surface area (Å²) < 4.78 is 16.2. The number of rotatable bonds is 13. The summed E-state index contributed by atoms with van der Waals surface area (Å²) in [6.45, 7) is 8.75. The molecule has 0 aliphatic rings. The van der Waals surface area contributed by atoms with E-state index in [0.717, 1.165) is 27.6 Å². The van der Waals surface area contributed by atoms with Crippen LogP contribution in [0.15, 0.2) is 72.8 Å². The molecule has 8 heteroatoms. The number of ether oxygens (including phenoxy) is 3. The van der Waals surface area contributed by atoms with Gasteiger partial charge in [0.05, 0.1) is 25.3 Å². The summed E-state index contributed by atoms with van der Waals surface area (Å²) in [4.78, 5) is 42.3. The molecule has 0 radical (unpaired) electrons. The van der Waals surface area contributed by atoms with Crippen molar-refractivity contribution < 1.29 is 28.6 Å². The standard InChI is InChI=1S/C35H36N2O6/c1-5-41-31-17-14-26(21-32(31)42-6-2)30(38)16-18-34(39)37-33-22-27(25-12-8-23(4)9-13-25)28-20-24(10-15-29(28)36-33)11-19-35(40)43-7-3/h8-15,17,19-22H,5-7,16,18H2,1-4H3,(H,36,37,39)/b19-11+. The Morgan fingerprint density at radius 2 is 1.56 bits per heavy atom. The van der Waals surface area contributed by atoms with Crippen molar-refractivity contribution in [1.82, 2.24) is 4.98 Å². The van der Waals surface area contributed by atoms with Crippen molar-refractivity contribution >= 4 is 40.5 Å². The van der Waals surface area contributed by atoms with E-state index in [1.54, 1.807) is 31.2 Å². The fourth-order valence-electron chi connectivity index (χ4n) is 4.54. The highest BCUT2D eigenvalue weighted by atomic mass is 16.5. The first-order chi connectivity index (χ1) is 20.8. The number of anilines is 1. The molecule has 8 nitrogen and oxygen atoms in total. The Kier molecular flexibility index (Phi) is 10.6. The SMILES string of the molecule is CCOC(=O)/C=C/c1ccc2nc(NC(=O)CCC(=O)c3ccc(OCC)c(OCC)c3)cc(-c3ccc(C)cc3)c2c1. The predicted octanol–water partition coefficient (Wildman–Crippen LogP) is 7.19. The number of Topliss-reactive ketones (excluding diaryl/α,β-unsaturated/α-hetero) is 1. The Labute approximate surface area is 251 Å². The van der Waals surface area contributed by atoms with E-state index >= 15 is 0 Å². The third-order valence-electron chi connectivity index (χ3n) is 6.61. The Morgan fingerprint density at radius 1 is 0.814 bits per heavy atom. The largest absolute Gasteiger partial charge is 0.490 e. The lowest BCUT2D eigenvalue weighted by atomic mass is 9.98. The van der Waals surface area contributed by atoms with E-state index in [2.05, 4.69) is 10.3 Å². The first-order valence-electron chi connectivity index (χ1n) is 14.4. The predicted molar refractivity (Wildman–Crippen MR) is 169 cm³/mol. The van der Waals surface area contributed by atoms with Gasteiger partial charge in [0.2, 0.25) is 5.91 Å². The van der Waals surface area contributed by atoms with Crippen LogP contribution in [0.3, 0.4) is 0 Å². The van der Waals surface area contributed by atoms with Gasteiger partial charge in [-0.3, -0.25) is 9.59 Å². The number of carbonyl (C=O) groups excluding carboxylic acids is 3. The Morgan fingerprint density at radius 3 is 2.28 bits per heavy atom. The molecule has 0 aliphatic heterocycles. The molecule has 0 unspecified atom stereocenters. The summed E-state index contributed by atoms with van der Waals surface area (Å²) in [7, 11) is 0. The van der Waals surface area contributed by atoms with Crippen LogP contribution in [0.25, 0.3) is 28.1 Å². The molecule has 0 fully saturated rings. The van der Waals surface area contributed by atoms with Gasteiger partial charge in [0, 0.05) is 29.9 Å². The van der Waals surface area contributed by atoms with Gasteiger partial charge in [0.1, 0.15) is 5.82 Å². The van der Waals surface area contributed by atoms with Crippen LogP contribution in [-0.4, -0.2) is 42.5 Å². The number of aryl methyl sites for hydroxylation is 1. The number of benzene rings is 3. The lowest BCUT2D eigenvalue weighted by Crippen LogP contribution is -2.14. The maximum atomic E-state index is 12.9. The number of esters is 1. The minimum atomic E-state index is -0.409. The summed E-state index contributed by atoms with van der Waals surface area (Å²) in [5.74, 6) is 0.563. The van der Waals surface area contributed by atoms with Gasteiger partial charge >= 0.3 is 5.97 Å². The Bertz CT molecular complexity index is 1640. The minimum Gasteiger partial charge on any atom is -0.490 e. The number of nitrogens with zero attached hydrogens (tertiary/aromatic N) is 1. The van der Waals surface area contributed by atoms with Gasteiger partial charge in [0.15, 0.2) is 17.3 Å². The number of amides is 1. The van der Waals surface area contributed by atoms with E-state index in [-0.39, 0.29) is 24.5 Å². The van der Waals surface area contributed by atoms with Gasteiger partial charge in [0.25, 0.3) is 0 Å². The lowest BCUT2D eigenvalue weighted by molar-refractivity contribution is -0.137. The molecule has 0 saturated carbocycles. The number of aromatic nitrogens is 1. The number of ketones is 1. The number of nitrogens with one attached hydrogen (secondary N) is 1. The number of pyridine rings is 1. The van der Waals surface area contributed by atoms with Crippen LogP contribution in [0.2, 0.25) is 0 Å². The molecule has 4 rings (SSSR count). The monoisotopic (exact) mass is 580 g/mol.